The maximum Gasteiger partial charge on any atom is 0.0457 e. The van der Waals surface area contributed by atoms with Crippen molar-refractivity contribution >= 4 is 44.3 Å². The highest BCUT2D eigenvalue weighted by Gasteiger charge is 2.29. The Morgan fingerprint density at radius 2 is 0.838 bits per heavy atom. The number of aromatic amines is 3. The SMILES string of the molecule is Clc1ccccc1C(CC(c1c[nH]c2ccccc12)c1c[nH]c2ccccc12)c1c[nH]c2ccccc12. The number of fused-ring (bicyclic) bond motifs is 3. The fourth-order valence-corrected chi connectivity index (χ4v) is 6.25. The fourth-order valence-electron chi connectivity index (χ4n) is 5.98. The topological polar surface area (TPSA) is 47.4 Å². The van der Waals surface area contributed by atoms with Gasteiger partial charge in [0, 0.05) is 68.2 Å². The minimum Gasteiger partial charge on any atom is -0.361 e. The summed E-state index contributed by atoms with van der Waals surface area (Å²) in [4.78, 5) is 10.6. The summed E-state index contributed by atoms with van der Waals surface area (Å²) in [6.07, 6.45) is 7.42. The molecule has 0 amide bonds. The van der Waals surface area contributed by atoms with E-state index in [-0.39, 0.29) is 11.8 Å². The molecule has 1 unspecified atom stereocenters. The van der Waals surface area contributed by atoms with E-state index in [1.165, 1.54) is 32.8 Å². The van der Waals surface area contributed by atoms with Crippen molar-refractivity contribution in [1.29, 1.82) is 0 Å². The molecule has 0 aliphatic heterocycles. The van der Waals surface area contributed by atoms with E-state index < -0.39 is 0 Å². The number of H-pyrrole nitrogens is 3. The zero-order chi connectivity index (χ0) is 24.8. The minimum absolute atomic E-state index is 0.0946. The summed E-state index contributed by atoms with van der Waals surface area (Å²) in [5.74, 6) is 0.236. The van der Waals surface area contributed by atoms with Crippen LogP contribution in [-0.2, 0) is 0 Å². The van der Waals surface area contributed by atoms with Crippen molar-refractivity contribution in [3.8, 4) is 0 Å². The molecule has 1 atom stereocenters. The number of aromatic nitrogens is 3. The monoisotopic (exact) mass is 499 g/mol. The van der Waals surface area contributed by atoms with Gasteiger partial charge >= 0.3 is 0 Å². The fraction of sp³-hybridized carbons (Fsp3) is 0.0909. The van der Waals surface area contributed by atoms with E-state index in [9.17, 15) is 0 Å². The van der Waals surface area contributed by atoms with Crippen LogP contribution in [0.25, 0.3) is 32.7 Å². The Balaban J connectivity index is 1.46. The van der Waals surface area contributed by atoms with Gasteiger partial charge in [0.25, 0.3) is 0 Å². The highest BCUT2D eigenvalue weighted by atomic mass is 35.5. The molecule has 0 spiro atoms. The third kappa shape index (κ3) is 3.75. The highest BCUT2D eigenvalue weighted by molar-refractivity contribution is 6.31. The number of hydrogen-bond acceptors (Lipinski definition) is 0. The summed E-state index contributed by atoms with van der Waals surface area (Å²) in [6.45, 7) is 0. The lowest BCUT2D eigenvalue weighted by Gasteiger charge is -2.25. The van der Waals surface area contributed by atoms with Gasteiger partial charge < -0.3 is 15.0 Å². The zero-order valence-electron chi connectivity index (χ0n) is 20.2. The summed E-state index contributed by atoms with van der Waals surface area (Å²) in [5, 5.41) is 4.56. The van der Waals surface area contributed by atoms with E-state index in [4.69, 9.17) is 11.6 Å². The molecule has 0 bridgehead atoms. The number of benzene rings is 4. The first kappa shape index (κ1) is 22.0. The first-order valence-electron chi connectivity index (χ1n) is 12.7. The molecule has 7 aromatic rings. The number of hydrogen-bond donors (Lipinski definition) is 3. The van der Waals surface area contributed by atoms with E-state index in [0.717, 1.165) is 33.6 Å². The second-order valence-corrected chi connectivity index (χ2v) is 10.1. The predicted octanol–water partition coefficient (Wildman–Crippen LogP) is 9.14. The van der Waals surface area contributed by atoms with Gasteiger partial charge in [-0.3, -0.25) is 0 Å². The maximum absolute atomic E-state index is 6.89. The molecule has 0 aliphatic rings. The number of halogens is 1. The average Bonchev–Trinajstić information content (AvgIpc) is 3.67. The Morgan fingerprint density at radius 3 is 1.30 bits per heavy atom. The number of rotatable bonds is 6. The van der Waals surface area contributed by atoms with Gasteiger partial charge in [-0.2, -0.15) is 0 Å². The van der Waals surface area contributed by atoms with Crippen LogP contribution in [0.2, 0.25) is 5.02 Å². The summed E-state index contributed by atoms with van der Waals surface area (Å²) in [6, 6.07) is 34.0. The number of para-hydroxylation sites is 3. The largest absolute Gasteiger partial charge is 0.361 e. The van der Waals surface area contributed by atoms with E-state index in [0.29, 0.717) is 0 Å². The average molecular weight is 500 g/mol. The predicted molar refractivity (Wildman–Crippen MR) is 155 cm³/mol. The van der Waals surface area contributed by atoms with Crippen LogP contribution in [-0.4, -0.2) is 15.0 Å². The second-order valence-electron chi connectivity index (χ2n) is 9.73. The molecule has 3 heterocycles. The molecule has 3 nitrogen and oxygen atoms in total. The Labute approximate surface area is 220 Å². The van der Waals surface area contributed by atoms with Gasteiger partial charge in [-0.1, -0.05) is 84.4 Å². The van der Waals surface area contributed by atoms with Crippen LogP contribution in [0.4, 0.5) is 0 Å². The molecule has 180 valence electrons. The summed E-state index contributed by atoms with van der Waals surface area (Å²) >= 11 is 6.89. The van der Waals surface area contributed by atoms with Gasteiger partial charge in [0.05, 0.1) is 0 Å². The molecule has 0 fully saturated rings. The van der Waals surface area contributed by atoms with E-state index in [1.54, 1.807) is 0 Å². The summed E-state index contributed by atoms with van der Waals surface area (Å²) < 4.78 is 0. The van der Waals surface area contributed by atoms with Crippen molar-refractivity contribution in [2.45, 2.75) is 18.3 Å². The van der Waals surface area contributed by atoms with Crippen LogP contribution in [0, 0.1) is 0 Å². The van der Waals surface area contributed by atoms with E-state index >= 15 is 0 Å². The second kappa shape index (κ2) is 9.02. The maximum atomic E-state index is 6.89. The van der Waals surface area contributed by atoms with Gasteiger partial charge in [0.2, 0.25) is 0 Å². The van der Waals surface area contributed by atoms with Crippen molar-refractivity contribution in [3.05, 3.63) is 143 Å². The molecule has 0 aliphatic carbocycles. The quantitative estimate of drug-likeness (QED) is 0.204. The molecule has 3 aromatic heterocycles. The summed E-state index contributed by atoms with van der Waals surface area (Å²) in [7, 11) is 0. The van der Waals surface area contributed by atoms with Crippen molar-refractivity contribution in [1.82, 2.24) is 15.0 Å². The molecule has 4 heteroatoms. The van der Waals surface area contributed by atoms with Gasteiger partial charge in [0.15, 0.2) is 0 Å². The molecule has 0 saturated heterocycles. The molecule has 37 heavy (non-hydrogen) atoms. The van der Waals surface area contributed by atoms with Crippen molar-refractivity contribution in [2.24, 2.45) is 0 Å². The Morgan fingerprint density at radius 1 is 0.459 bits per heavy atom. The van der Waals surface area contributed by atoms with Crippen LogP contribution in [0.3, 0.4) is 0 Å². The Hall–Kier alpha value is -4.21. The molecule has 7 rings (SSSR count). The van der Waals surface area contributed by atoms with Gasteiger partial charge in [-0.05, 0) is 52.9 Å². The van der Waals surface area contributed by atoms with Gasteiger partial charge in [0.1, 0.15) is 0 Å². The normalized spacial score (nSPS) is 12.7. The molecule has 0 radical (unpaired) electrons. The van der Waals surface area contributed by atoms with Crippen LogP contribution < -0.4 is 0 Å². The van der Waals surface area contributed by atoms with E-state index in [1.807, 2.05) is 12.1 Å². The molecule has 3 N–H and O–H groups in total. The summed E-state index contributed by atoms with van der Waals surface area (Å²) in [5.41, 5.74) is 8.49. The third-order valence-electron chi connectivity index (χ3n) is 7.74. The molecular formula is C33H26ClN3. The van der Waals surface area contributed by atoms with Crippen LogP contribution >= 0.6 is 11.6 Å². The van der Waals surface area contributed by atoms with E-state index in [2.05, 4.69) is 118 Å². The lowest BCUT2D eigenvalue weighted by molar-refractivity contribution is 0.653. The number of nitrogens with one attached hydrogen (secondary N) is 3. The molecule has 4 aromatic carbocycles. The van der Waals surface area contributed by atoms with Crippen LogP contribution in [0.1, 0.15) is 40.5 Å². The molecular weight excluding hydrogens is 474 g/mol. The van der Waals surface area contributed by atoms with Crippen molar-refractivity contribution < 1.29 is 0 Å². The lowest BCUT2D eigenvalue weighted by atomic mass is 9.78. The van der Waals surface area contributed by atoms with Gasteiger partial charge in [-0.15, -0.1) is 0 Å². The zero-order valence-corrected chi connectivity index (χ0v) is 21.0. The first-order valence-corrected chi connectivity index (χ1v) is 13.1. The van der Waals surface area contributed by atoms with Crippen LogP contribution in [0.5, 0.6) is 0 Å². The Kier molecular flexibility index (Phi) is 5.37. The smallest absolute Gasteiger partial charge is 0.0457 e. The van der Waals surface area contributed by atoms with Crippen LogP contribution in [0.15, 0.2) is 116 Å². The standard InChI is InChI=1S/C33H26ClN3/c34-30-13-5-1-9-21(30)25(27-18-35-31-14-6-2-10-22(27)31)17-26(28-19-36-32-15-7-3-11-23(28)32)29-20-37-33-16-8-4-12-24(29)33/h1-16,18-20,25-26,35-37H,17H2. The molecule has 0 saturated carbocycles. The van der Waals surface area contributed by atoms with Gasteiger partial charge in [-0.25, -0.2) is 0 Å². The minimum atomic E-state index is 0.0946. The lowest BCUT2D eigenvalue weighted by Crippen LogP contribution is -2.10. The highest BCUT2D eigenvalue weighted by Crippen LogP contribution is 2.45. The Bertz CT molecular complexity index is 1780. The first-order chi connectivity index (χ1) is 18.3. The van der Waals surface area contributed by atoms with Crippen molar-refractivity contribution in [3.63, 3.8) is 0 Å². The third-order valence-corrected chi connectivity index (χ3v) is 8.09. The van der Waals surface area contributed by atoms with Crippen molar-refractivity contribution in [2.75, 3.05) is 0 Å².